The SMILES string of the molecule is CCCCc1nc(SC)c(C(C)=O)n1Cc1ccc(-c2ccccc2S(=O)(=O)NC(=O)NCCC)cc1. The molecule has 3 aromatic rings. The van der Waals surface area contributed by atoms with Gasteiger partial charge in [-0.2, -0.15) is 0 Å². The maximum atomic E-state index is 12.9. The highest BCUT2D eigenvalue weighted by Crippen LogP contribution is 2.29. The summed E-state index contributed by atoms with van der Waals surface area (Å²) in [6, 6.07) is 13.4. The Hall–Kier alpha value is -3.11. The van der Waals surface area contributed by atoms with Gasteiger partial charge in [-0.15, -0.1) is 11.8 Å². The molecule has 0 radical (unpaired) electrons. The summed E-state index contributed by atoms with van der Waals surface area (Å²) in [5.41, 5.74) is 2.77. The Morgan fingerprint density at radius 2 is 1.73 bits per heavy atom. The number of hydrogen-bond acceptors (Lipinski definition) is 6. The first kappa shape index (κ1) is 28.5. The molecule has 0 atom stereocenters. The summed E-state index contributed by atoms with van der Waals surface area (Å²) in [7, 11) is -4.07. The van der Waals surface area contributed by atoms with Gasteiger partial charge in [0.05, 0.1) is 4.90 Å². The Balaban J connectivity index is 1.91. The molecule has 0 bridgehead atoms. The minimum absolute atomic E-state index is 0.0224. The van der Waals surface area contributed by atoms with Crippen molar-refractivity contribution in [1.29, 1.82) is 0 Å². The molecule has 0 fully saturated rings. The first-order valence-electron chi connectivity index (χ1n) is 12.3. The standard InChI is InChI=1S/C27H34N4O4S2/c1-5-7-12-24-29-26(36-4)25(19(3)32)31(24)18-20-13-15-21(16-14-20)22-10-8-9-11-23(22)37(34,35)30-27(33)28-17-6-2/h8-11,13-16H,5-7,12,17-18H2,1-4H3,(H2,28,30,33). The Kier molecular flexibility index (Phi) is 9.93. The number of benzene rings is 2. The molecule has 2 aromatic carbocycles. The molecule has 10 heteroatoms. The molecule has 2 N–H and O–H groups in total. The van der Waals surface area contributed by atoms with Gasteiger partial charge in [0.2, 0.25) is 0 Å². The molecular formula is C27H34N4O4S2. The molecule has 1 aromatic heterocycles. The Morgan fingerprint density at radius 3 is 2.35 bits per heavy atom. The largest absolute Gasteiger partial charge is 0.337 e. The molecule has 2 amide bonds. The number of aryl methyl sites for hydroxylation is 1. The highest BCUT2D eigenvalue weighted by molar-refractivity contribution is 7.98. The van der Waals surface area contributed by atoms with Crippen LogP contribution in [-0.2, 0) is 23.0 Å². The number of ketones is 1. The summed E-state index contributed by atoms with van der Waals surface area (Å²) >= 11 is 1.47. The summed E-state index contributed by atoms with van der Waals surface area (Å²) < 4.78 is 30.0. The summed E-state index contributed by atoms with van der Waals surface area (Å²) in [5, 5.41) is 3.26. The third-order valence-electron chi connectivity index (χ3n) is 5.84. The van der Waals surface area contributed by atoms with Crippen molar-refractivity contribution in [2.75, 3.05) is 12.8 Å². The number of Topliss-reactive ketones (excluding diaryl/α,β-unsaturated/α-hetero) is 1. The van der Waals surface area contributed by atoms with Crippen LogP contribution in [0.3, 0.4) is 0 Å². The second-order valence-corrected chi connectivity index (χ2v) is 11.1. The fourth-order valence-electron chi connectivity index (χ4n) is 4.02. The molecule has 1 heterocycles. The van der Waals surface area contributed by atoms with Gasteiger partial charge in [0.1, 0.15) is 16.5 Å². The number of amides is 2. The molecule has 0 aliphatic heterocycles. The van der Waals surface area contributed by atoms with Crippen molar-refractivity contribution < 1.29 is 18.0 Å². The van der Waals surface area contributed by atoms with Crippen LogP contribution < -0.4 is 10.0 Å². The molecule has 37 heavy (non-hydrogen) atoms. The van der Waals surface area contributed by atoms with Crippen molar-refractivity contribution in [1.82, 2.24) is 19.6 Å². The van der Waals surface area contributed by atoms with Crippen LogP contribution in [0.4, 0.5) is 4.79 Å². The number of urea groups is 1. The van der Waals surface area contributed by atoms with Crippen molar-refractivity contribution >= 4 is 33.6 Å². The zero-order valence-corrected chi connectivity index (χ0v) is 23.3. The molecule has 0 aliphatic rings. The van der Waals surface area contributed by atoms with Crippen molar-refractivity contribution in [2.24, 2.45) is 0 Å². The Bertz CT molecular complexity index is 1350. The average molecular weight is 543 g/mol. The predicted molar refractivity (Wildman–Crippen MR) is 148 cm³/mol. The number of rotatable bonds is 12. The Morgan fingerprint density at radius 1 is 1.03 bits per heavy atom. The number of sulfonamides is 1. The molecule has 0 spiro atoms. The fourth-order valence-corrected chi connectivity index (χ4v) is 5.82. The van der Waals surface area contributed by atoms with Crippen molar-refractivity contribution in [3.63, 3.8) is 0 Å². The zero-order valence-electron chi connectivity index (χ0n) is 21.7. The first-order valence-corrected chi connectivity index (χ1v) is 15.1. The van der Waals surface area contributed by atoms with Gasteiger partial charge in [-0.05, 0) is 36.3 Å². The van der Waals surface area contributed by atoms with E-state index in [4.69, 9.17) is 4.98 Å². The highest BCUT2D eigenvalue weighted by atomic mass is 32.2. The number of carbonyl (C=O) groups is 2. The highest BCUT2D eigenvalue weighted by Gasteiger charge is 2.22. The van der Waals surface area contributed by atoms with E-state index in [9.17, 15) is 18.0 Å². The first-order chi connectivity index (χ1) is 17.7. The van der Waals surface area contributed by atoms with Crippen LogP contribution in [0.15, 0.2) is 58.5 Å². The molecule has 0 saturated carbocycles. The maximum Gasteiger partial charge on any atom is 0.328 e. The van der Waals surface area contributed by atoms with E-state index in [0.29, 0.717) is 36.3 Å². The van der Waals surface area contributed by atoms with Gasteiger partial charge < -0.3 is 9.88 Å². The van der Waals surface area contributed by atoms with Gasteiger partial charge in [0.15, 0.2) is 5.78 Å². The molecular weight excluding hydrogens is 508 g/mol. The monoisotopic (exact) mass is 542 g/mol. The summed E-state index contributed by atoms with van der Waals surface area (Å²) in [4.78, 5) is 29.2. The average Bonchev–Trinajstić information content (AvgIpc) is 3.23. The molecule has 0 aliphatic carbocycles. The predicted octanol–water partition coefficient (Wildman–Crippen LogP) is 5.26. The lowest BCUT2D eigenvalue weighted by Gasteiger charge is -2.14. The molecule has 0 saturated heterocycles. The summed E-state index contributed by atoms with van der Waals surface area (Å²) in [6.07, 6.45) is 5.42. The van der Waals surface area contributed by atoms with Crippen LogP contribution in [0.5, 0.6) is 0 Å². The second kappa shape index (κ2) is 12.9. The van der Waals surface area contributed by atoms with Crippen LogP contribution in [0.2, 0.25) is 0 Å². The number of carbonyl (C=O) groups excluding carboxylic acids is 2. The minimum atomic E-state index is -4.07. The number of nitrogens with one attached hydrogen (secondary N) is 2. The van der Waals surface area contributed by atoms with Gasteiger partial charge in [-0.3, -0.25) is 4.79 Å². The third-order valence-corrected chi connectivity index (χ3v) is 7.90. The van der Waals surface area contributed by atoms with E-state index in [1.165, 1.54) is 17.8 Å². The smallest absolute Gasteiger partial charge is 0.328 e. The number of aromatic nitrogens is 2. The quantitative estimate of drug-likeness (QED) is 0.239. The van der Waals surface area contributed by atoms with Gasteiger partial charge in [0, 0.05) is 32.0 Å². The zero-order chi connectivity index (χ0) is 27.0. The van der Waals surface area contributed by atoms with E-state index in [-0.39, 0.29) is 10.7 Å². The number of imidazole rings is 1. The Labute approximate surface area is 223 Å². The van der Waals surface area contributed by atoms with Crippen LogP contribution >= 0.6 is 11.8 Å². The van der Waals surface area contributed by atoms with Crippen molar-refractivity contribution in [2.45, 2.75) is 62.9 Å². The minimum Gasteiger partial charge on any atom is -0.337 e. The third kappa shape index (κ3) is 7.01. The summed E-state index contributed by atoms with van der Waals surface area (Å²) in [6.45, 7) is 6.44. The van der Waals surface area contributed by atoms with E-state index in [1.807, 2.05) is 42.0 Å². The lowest BCUT2D eigenvalue weighted by atomic mass is 10.0. The maximum absolute atomic E-state index is 12.9. The number of hydrogen-bond donors (Lipinski definition) is 2. The van der Waals surface area contributed by atoms with Gasteiger partial charge >= 0.3 is 6.03 Å². The van der Waals surface area contributed by atoms with Crippen LogP contribution in [0.25, 0.3) is 11.1 Å². The van der Waals surface area contributed by atoms with Crippen LogP contribution in [0, 0.1) is 0 Å². The summed E-state index contributed by atoms with van der Waals surface area (Å²) in [5.74, 6) is 0.871. The van der Waals surface area contributed by atoms with Crippen molar-refractivity contribution in [3.05, 3.63) is 65.6 Å². The van der Waals surface area contributed by atoms with E-state index in [1.54, 1.807) is 25.1 Å². The lowest BCUT2D eigenvalue weighted by Crippen LogP contribution is -2.39. The molecule has 0 unspecified atom stereocenters. The molecule has 8 nitrogen and oxygen atoms in total. The molecule has 198 valence electrons. The van der Waals surface area contributed by atoms with E-state index < -0.39 is 16.1 Å². The lowest BCUT2D eigenvalue weighted by molar-refractivity contribution is 0.100. The molecule has 3 rings (SSSR count). The number of nitrogens with zero attached hydrogens (tertiary/aromatic N) is 2. The number of thioether (sulfide) groups is 1. The van der Waals surface area contributed by atoms with Gasteiger partial charge in [-0.1, -0.05) is 62.7 Å². The van der Waals surface area contributed by atoms with Gasteiger partial charge in [0.25, 0.3) is 10.0 Å². The van der Waals surface area contributed by atoms with Crippen LogP contribution in [0.1, 0.15) is 61.9 Å². The normalized spacial score (nSPS) is 11.4. The second-order valence-electron chi connectivity index (χ2n) is 8.69. The topological polar surface area (TPSA) is 110 Å². The fraction of sp³-hybridized carbons (Fsp3) is 0.370. The van der Waals surface area contributed by atoms with Gasteiger partial charge in [-0.25, -0.2) is 22.9 Å². The number of unbranched alkanes of at least 4 members (excludes halogenated alkanes) is 1. The van der Waals surface area contributed by atoms with Crippen molar-refractivity contribution in [3.8, 4) is 11.1 Å². The van der Waals surface area contributed by atoms with E-state index >= 15 is 0 Å². The van der Waals surface area contributed by atoms with E-state index in [2.05, 4.69) is 17.0 Å². The van der Waals surface area contributed by atoms with Crippen LogP contribution in [-0.4, -0.2) is 42.6 Å². The van der Waals surface area contributed by atoms with E-state index in [0.717, 1.165) is 35.7 Å².